The Kier molecular flexibility index (Phi) is 10.1. The minimum atomic E-state index is -0.532. The number of amidine groups is 1. The molecular weight excluding hydrogens is 412 g/mol. The third kappa shape index (κ3) is 8.31. The Labute approximate surface area is 199 Å². The number of primary amides is 1. The van der Waals surface area contributed by atoms with Crippen LogP contribution in [0.4, 0.5) is 0 Å². The van der Waals surface area contributed by atoms with E-state index in [1.165, 1.54) is 43.7 Å². The van der Waals surface area contributed by atoms with Crippen molar-refractivity contribution >= 4 is 17.7 Å². The highest BCUT2D eigenvalue weighted by atomic mass is 16.1. The quantitative estimate of drug-likeness (QED) is 0.568. The van der Waals surface area contributed by atoms with Crippen molar-refractivity contribution in [2.75, 3.05) is 20.1 Å². The van der Waals surface area contributed by atoms with Gasteiger partial charge in [-0.3, -0.25) is 4.79 Å². The predicted octanol–water partition coefficient (Wildman–Crippen LogP) is 3.90. The van der Waals surface area contributed by atoms with Crippen LogP contribution in [0, 0.1) is 0 Å². The maximum absolute atomic E-state index is 11.4. The number of carbonyl (C=O) groups is 1. The third-order valence-corrected chi connectivity index (χ3v) is 5.94. The SMILES string of the molecule is CC.CN(CCN=C1N=C(c2ccc(C(C)(C)C)cc2)N/C(=C/C(N)=O)N1)C1CCCCC1. The van der Waals surface area contributed by atoms with Gasteiger partial charge in [-0.05, 0) is 30.9 Å². The molecule has 0 spiro atoms. The van der Waals surface area contributed by atoms with Crippen LogP contribution in [0.2, 0.25) is 0 Å². The molecule has 1 fully saturated rings. The van der Waals surface area contributed by atoms with Crippen LogP contribution >= 0.6 is 0 Å². The Balaban J connectivity index is 0.00000187. The average Bonchev–Trinajstić information content (AvgIpc) is 2.80. The molecule has 0 radical (unpaired) electrons. The molecule has 1 aliphatic carbocycles. The largest absolute Gasteiger partial charge is 0.366 e. The number of aliphatic imine (C=N–C) groups is 2. The van der Waals surface area contributed by atoms with Gasteiger partial charge in [0.2, 0.25) is 11.9 Å². The summed E-state index contributed by atoms with van der Waals surface area (Å²) >= 11 is 0. The molecule has 2 aliphatic rings. The molecule has 0 aromatic heterocycles. The van der Waals surface area contributed by atoms with E-state index in [1.807, 2.05) is 26.0 Å². The highest BCUT2D eigenvalue weighted by molar-refractivity contribution is 6.09. The molecule has 0 saturated heterocycles. The van der Waals surface area contributed by atoms with Crippen LogP contribution < -0.4 is 16.4 Å². The van der Waals surface area contributed by atoms with E-state index in [-0.39, 0.29) is 5.41 Å². The van der Waals surface area contributed by atoms with E-state index in [2.05, 4.69) is 65.5 Å². The summed E-state index contributed by atoms with van der Waals surface area (Å²) in [6, 6.07) is 8.94. The lowest BCUT2D eigenvalue weighted by molar-refractivity contribution is -0.113. The number of hydrogen-bond acceptors (Lipinski definition) is 4. The fourth-order valence-corrected chi connectivity index (χ4v) is 4.01. The van der Waals surface area contributed by atoms with Crippen molar-refractivity contribution in [2.24, 2.45) is 15.7 Å². The first-order chi connectivity index (χ1) is 15.7. The van der Waals surface area contributed by atoms with Crippen LogP contribution in [0.1, 0.15) is 77.8 Å². The average molecular weight is 455 g/mol. The molecule has 0 unspecified atom stereocenters. The topological polar surface area (TPSA) is 95.1 Å². The minimum absolute atomic E-state index is 0.0793. The summed E-state index contributed by atoms with van der Waals surface area (Å²) in [6.07, 6.45) is 7.86. The zero-order valence-electron chi connectivity index (χ0n) is 21.2. The molecule has 1 aromatic carbocycles. The van der Waals surface area contributed by atoms with Crippen LogP contribution in [-0.4, -0.2) is 48.8 Å². The van der Waals surface area contributed by atoms with Crippen molar-refractivity contribution < 1.29 is 4.79 Å². The standard InChI is InChI=1S/C24H36N6O.C2H6/c1-24(2,3)18-12-10-17(11-13-18)22-27-21(16-20(25)31)28-23(29-22)26-14-15-30(4)19-8-6-5-7-9-19;1-2/h10-13,16,19H,5-9,14-15H2,1-4H3,(H2,25,31)(H2,26,27,28,29);1-2H3/b21-16-;. The fraction of sp³-hybridized carbons (Fsp3) is 0.577. The predicted molar refractivity (Wildman–Crippen MR) is 138 cm³/mol. The van der Waals surface area contributed by atoms with Crippen molar-refractivity contribution in [1.82, 2.24) is 15.5 Å². The maximum atomic E-state index is 11.4. The number of hydrogen-bond donors (Lipinski definition) is 3. The summed E-state index contributed by atoms with van der Waals surface area (Å²) in [5, 5.41) is 6.21. The molecule has 182 valence electrons. The highest BCUT2D eigenvalue weighted by Crippen LogP contribution is 2.23. The molecule has 1 aromatic rings. The Morgan fingerprint density at radius 3 is 2.36 bits per heavy atom. The Morgan fingerprint density at radius 2 is 1.79 bits per heavy atom. The summed E-state index contributed by atoms with van der Waals surface area (Å²) in [5.41, 5.74) is 7.62. The van der Waals surface area contributed by atoms with Gasteiger partial charge in [0.15, 0.2) is 0 Å². The van der Waals surface area contributed by atoms with Gasteiger partial charge in [0.05, 0.1) is 6.54 Å². The number of nitrogens with two attached hydrogens (primary N) is 1. The first-order valence-electron chi connectivity index (χ1n) is 12.2. The Hall–Kier alpha value is -2.67. The van der Waals surface area contributed by atoms with Gasteiger partial charge in [0.1, 0.15) is 11.7 Å². The third-order valence-electron chi connectivity index (χ3n) is 5.94. The minimum Gasteiger partial charge on any atom is -0.366 e. The Bertz CT molecular complexity index is 858. The summed E-state index contributed by atoms with van der Waals surface area (Å²) in [4.78, 5) is 23.1. The monoisotopic (exact) mass is 454 g/mol. The molecule has 0 atom stereocenters. The summed E-state index contributed by atoms with van der Waals surface area (Å²) < 4.78 is 0. The maximum Gasteiger partial charge on any atom is 0.245 e. The number of rotatable bonds is 6. The fourth-order valence-electron chi connectivity index (χ4n) is 4.01. The zero-order chi connectivity index (χ0) is 24.4. The van der Waals surface area contributed by atoms with Crippen LogP contribution in [0.15, 0.2) is 46.1 Å². The number of benzene rings is 1. The van der Waals surface area contributed by atoms with Gasteiger partial charge in [0.25, 0.3) is 0 Å². The Morgan fingerprint density at radius 1 is 1.15 bits per heavy atom. The lowest BCUT2D eigenvalue weighted by atomic mass is 9.86. The lowest BCUT2D eigenvalue weighted by Gasteiger charge is -2.30. The van der Waals surface area contributed by atoms with E-state index in [9.17, 15) is 4.79 Å². The smallest absolute Gasteiger partial charge is 0.245 e. The van der Waals surface area contributed by atoms with E-state index in [0.717, 1.165) is 12.1 Å². The number of nitrogens with one attached hydrogen (secondary N) is 2. The molecule has 1 heterocycles. The number of amides is 1. The van der Waals surface area contributed by atoms with E-state index >= 15 is 0 Å². The first kappa shape index (κ1) is 26.6. The molecule has 1 saturated carbocycles. The van der Waals surface area contributed by atoms with Gasteiger partial charge in [-0.15, -0.1) is 0 Å². The summed E-state index contributed by atoms with van der Waals surface area (Å²) in [6.45, 7) is 12.1. The summed E-state index contributed by atoms with van der Waals surface area (Å²) in [5.74, 6) is 1.08. The van der Waals surface area contributed by atoms with Crippen LogP contribution in [-0.2, 0) is 10.2 Å². The number of guanidine groups is 1. The molecule has 3 rings (SSSR count). The second-order valence-corrected chi connectivity index (χ2v) is 9.48. The highest BCUT2D eigenvalue weighted by Gasteiger charge is 2.19. The van der Waals surface area contributed by atoms with Crippen LogP contribution in [0.25, 0.3) is 0 Å². The summed E-state index contributed by atoms with van der Waals surface area (Å²) in [7, 11) is 2.18. The molecule has 33 heavy (non-hydrogen) atoms. The van der Waals surface area contributed by atoms with E-state index in [1.54, 1.807) is 0 Å². The second kappa shape index (κ2) is 12.5. The molecule has 7 heteroatoms. The molecule has 0 bridgehead atoms. The molecular formula is C26H42N6O. The van der Waals surface area contributed by atoms with Crippen molar-refractivity contribution in [3.63, 3.8) is 0 Å². The molecule has 1 amide bonds. The number of carbonyl (C=O) groups excluding carboxylic acids is 1. The molecule has 7 nitrogen and oxygen atoms in total. The molecule has 1 aliphatic heterocycles. The van der Waals surface area contributed by atoms with Gasteiger partial charge in [-0.25, -0.2) is 4.99 Å². The van der Waals surface area contributed by atoms with Gasteiger partial charge >= 0.3 is 0 Å². The van der Waals surface area contributed by atoms with Gasteiger partial charge in [-0.2, -0.15) is 4.99 Å². The van der Waals surface area contributed by atoms with Crippen molar-refractivity contribution in [2.45, 2.75) is 78.2 Å². The van der Waals surface area contributed by atoms with Crippen molar-refractivity contribution in [1.29, 1.82) is 0 Å². The van der Waals surface area contributed by atoms with E-state index in [0.29, 0.717) is 30.2 Å². The zero-order valence-corrected chi connectivity index (χ0v) is 21.2. The van der Waals surface area contributed by atoms with E-state index in [4.69, 9.17) is 5.73 Å². The van der Waals surface area contributed by atoms with Crippen molar-refractivity contribution in [3.05, 3.63) is 47.3 Å². The van der Waals surface area contributed by atoms with Gasteiger partial charge in [0, 0.05) is 24.2 Å². The number of likely N-dealkylation sites (N-methyl/N-ethyl adjacent to an activating group) is 1. The lowest BCUT2D eigenvalue weighted by Crippen LogP contribution is -2.42. The van der Waals surface area contributed by atoms with E-state index < -0.39 is 5.91 Å². The van der Waals surface area contributed by atoms with Gasteiger partial charge in [-0.1, -0.05) is 78.1 Å². The van der Waals surface area contributed by atoms with Gasteiger partial charge < -0.3 is 21.3 Å². The van der Waals surface area contributed by atoms with Crippen LogP contribution in [0.5, 0.6) is 0 Å². The van der Waals surface area contributed by atoms with Crippen molar-refractivity contribution in [3.8, 4) is 0 Å². The first-order valence-corrected chi connectivity index (χ1v) is 12.2. The molecule has 4 N–H and O–H groups in total. The van der Waals surface area contributed by atoms with Crippen LogP contribution in [0.3, 0.4) is 0 Å². The normalized spacial score (nSPS) is 19.4. The number of nitrogens with zero attached hydrogens (tertiary/aromatic N) is 3. The second-order valence-electron chi connectivity index (χ2n) is 9.48.